The molecule has 0 atom stereocenters. The predicted molar refractivity (Wildman–Crippen MR) is 81.1 cm³/mol. The molecule has 1 aromatic heterocycles. The van der Waals surface area contributed by atoms with E-state index in [0.717, 1.165) is 36.3 Å². The minimum atomic E-state index is -0.110. The Balaban J connectivity index is 1.98. The lowest BCUT2D eigenvalue weighted by Gasteiger charge is -2.28. The van der Waals surface area contributed by atoms with Crippen LogP contribution in [0.25, 0.3) is 0 Å². The Bertz CT molecular complexity index is 457. The summed E-state index contributed by atoms with van der Waals surface area (Å²) in [6.07, 6.45) is 3.91. The number of carbonyl (C=O) groups excluding carboxylic acids is 1. The summed E-state index contributed by atoms with van der Waals surface area (Å²) in [5, 5.41) is 12.3. The molecule has 1 fully saturated rings. The lowest BCUT2D eigenvalue weighted by molar-refractivity contribution is 0.0915. The fourth-order valence-corrected chi connectivity index (χ4v) is 3.58. The van der Waals surface area contributed by atoms with Crippen molar-refractivity contribution in [1.29, 1.82) is 0 Å². The molecule has 20 heavy (non-hydrogen) atoms. The van der Waals surface area contributed by atoms with Gasteiger partial charge in [-0.05, 0) is 31.6 Å². The van der Waals surface area contributed by atoms with Crippen molar-refractivity contribution in [3.8, 4) is 0 Å². The molecule has 0 aliphatic heterocycles. The lowest BCUT2D eigenvalue weighted by atomic mass is 9.86. The molecule has 0 aromatic carbocycles. The van der Waals surface area contributed by atoms with Gasteiger partial charge in [0.05, 0.1) is 11.2 Å². The molecule has 1 aliphatic rings. The Morgan fingerprint density at radius 2 is 2.05 bits per heavy atom. The van der Waals surface area contributed by atoms with Gasteiger partial charge in [-0.15, -0.1) is 11.3 Å². The summed E-state index contributed by atoms with van der Waals surface area (Å²) in [6, 6.07) is 0.236. The van der Waals surface area contributed by atoms with Crippen molar-refractivity contribution in [3.05, 3.63) is 16.1 Å². The van der Waals surface area contributed by atoms with Crippen LogP contribution >= 0.6 is 11.3 Å². The van der Waals surface area contributed by atoms with Crippen molar-refractivity contribution in [2.75, 3.05) is 6.61 Å². The third-order valence-electron chi connectivity index (χ3n) is 3.92. The van der Waals surface area contributed by atoms with E-state index in [1.54, 1.807) is 5.51 Å². The van der Waals surface area contributed by atoms with Gasteiger partial charge in [0, 0.05) is 18.1 Å². The number of nitrogens with zero attached hydrogens (tertiary/aromatic N) is 1. The summed E-state index contributed by atoms with van der Waals surface area (Å²) in [4.78, 5) is 17.5. The smallest absolute Gasteiger partial charge is 0.263 e. The summed E-state index contributed by atoms with van der Waals surface area (Å²) in [5.41, 5.74) is 2.52. The van der Waals surface area contributed by atoms with Gasteiger partial charge in [0.2, 0.25) is 0 Å². The summed E-state index contributed by atoms with van der Waals surface area (Å²) in [6.45, 7) is 6.49. The highest BCUT2D eigenvalue weighted by Gasteiger charge is 2.27. The van der Waals surface area contributed by atoms with Crippen molar-refractivity contribution >= 4 is 17.2 Å². The van der Waals surface area contributed by atoms with E-state index in [1.807, 2.05) is 0 Å². The predicted octanol–water partition coefficient (Wildman–Crippen LogP) is 2.72. The molecule has 4 nitrogen and oxygen atoms in total. The van der Waals surface area contributed by atoms with Crippen LogP contribution in [-0.4, -0.2) is 28.6 Å². The van der Waals surface area contributed by atoms with Gasteiger partial charge in [-0.25, -0.2) is 4.98 Å². The van der Waals surface area contributed by atoms with E-state index < -0.39 is 0 Å². The van der Waals surface area contributed by atoms with Crippen LogP contribution < -0.4 is 5.32 Å². The summed E-state index contributed by atoms with van der Waals surface area (Å²) >= 11 is 1.42. The Hall–Kier alpha value is -0.940. The molecule has 0 bridgehead atoms. The molecule has 1 saturated carbocycles. The van der Waals surface area contributed by atoms with Crippen LogP contribution in [0.3, 0.4) is 0 Å². The molecule has 1 aliphatic carbocycles. The molecule has 0 radical (unpaired) electrons. The molecule has 2 rings (SSSR count). The molecule has 1 heterocycles. The first-order valence-corrected chi connectivity index (χ1v) is 8.15. The van der Waals surface area contributed by atoms with Gasteiger partial charge in [0.1, 0.15) is 4.88 Å². The van der Waals surface area contributed by atoms with Crippen LogP contribution in [0.4, 0.5) is 0 Å². The normalized spacial score (nSPS) is 23.6. The van der Waals surface area contributed by atoms with Crippen molar-refractivity contribution in [3.63, 3.8) is 0 Å². The number of hydrogen-bond acceptors (Lipinski definition) is 4. The first-order valence-electron chi connectivity index (χ1n) is 7.27. The SMILES string of the molecule is CC(C)(C)c1ncsc1C(=O)NC1CCC(CO)CC1. The summed E-state index contributed by atoms with van der Waals surface area (Å²) < 4.78 is 0. The molecule has 0 spiro atoms. The highest BCUT2D eigenvalue weighted by atomic mass is 32.1. The molecule has 2 N–H and O–H groups in total. The largest absolute Gasteiger partial charge is 0.396 e. The van der Waals surface area contributed by atoms with Crippen molar-refractivity contribution in [2.24, 2.45) is 5.92 Å². The van der Waals surface area contributed by atoms with Gasteiger partial charge < -0.3 is 10.4 Å². The third-order valence-corrected chi connectivity index (χ3v) is 4.75. The second kappa shape index (κ2) is 6.22. The molecule has 1 amide bonds. The minimum Gasteiger partial charge on any atom is -0.396 e. The van der Waals surface area contributed by atoms with Gasteiger partial charge in [-0.1, -0.05) is 20.8 Å². The molecule has 1 aromatic rings. The number of thiazole rings is 1. The van der Waals surface area contributed by atoms with Gasteiger partial charge in [0.25, 0.3) is 5.91 Å². The Morgan fingerprint density at radius 3 is 2.60 bits per heavy atom. The van der Waals surface area contributed by atoms with Crippen LogP contribution in [0.2, 0.25) is 0 Å². The summed E-state index contributed by atoms with van der Waals surface area (Å²) in [5.74, 6) is 0.418. The fourth-order valence-electron chi connectivity index (χ4n) is 2.68. The van der Waals surface area contributed by atoms with Crippen LogP contribution in [0.1, 0.15) is 61.8 Å². The van der Waals surface area contributed by atoms with Gasteiger partial charge >= 0.3 is 0 Å². The Kier molecular flexibility index (Phi) is 4.81. The molecule has 0 unspecified atom stereocenters. The maximum absolute atomic E-state index is 12.4. The van der Waals surface area contributed by atoms with Gasteiger partial charge in [0.15, 0.2) is 0 Å². The maximum atomic E-state index is 12.4. The molecule has 112 valence electrons. The van der Waals surface area contributed by atoms with Crippen LogP contribution in [0.15, 0.2) is 5.51 Å². The van der Waals surface area contributed by atoms with Crippen molar-refractivity contribution in [2.45, 2.75) is 57.9 Å². The zero-order valence-electron chi connectivity index (χ0n) is 12.5. The highest BCUT2D eigenvalue weighted by Crippen LogP contribution is 2.28. The number of rotatable bonds is 3. The molecular weight excluding hydrogens is 272 g/mol. The molecule has 0 saturated heterocycles. The summed E-state index contributed by atoms with van der Waals surface area (Å²) in [7, 11) is 0. The van der Waals surface area contributed by atoms with Crippen LogP contribution in [0, 0.1) is 5.92 Å². The average Bonchev–Trinajstić information content (AvgIpc) is 2.89. The highest BCUT2D eigenvalue weighted by molar-refractivity contribution is 7.11. The third kappa shape index (κ3) is 3.58. The maximum Gasteiger partial charge on any atom is 0.263 e. The van der Waals surface area contributed by atoms with Crippen molar-refractivity contribution in [1.82, 2.24) is 10.3 Å². The fraction of sp³-hybridized carbons (Fsp3) is 0.733. The zero-order chi connectivity index (χ0) is 14.8. The zero-order valence-corrected chi connectivity index (χ0v) is 13.3. The standard InChI is InChI=1S/C15H24N2O2S/c1-15(2,3)13-12(20-9-16-13)14(19)17-11-6-4-10(8-18)5-7-11/h9-11,18H,4-8H2,1-3H3,(H,17,19). The Labute approximate surface area is 124 Å². The van der Waals surface area contributed by atoms with E-state index in [4.69, 9.17) is 5.11 Å². The number of hydrogen-bond donors (Lipinski definition) is 2. The number of carbonyl (C=O) groups is 1. The first kappa shape index (κ1) is 15.4. The lowest BCUT2D eigenvalue weighted by Crippen LogP contribution is -2.38. The second-order valence-corrected chi connectivity index (χ2v) is 7.51. The van der Waals surface area contributed by atoms with E-state index in [9.17, 15) is 4.79 Å². The average molecular weight is 296 g/mol. The first-order chi connectivity index (χ1) is 9.41. The van der Waals surface area contributed by atoms with Crippen molar-refractivity contribution < 1.29 is 9.90 Å². The molecular formula is C15H24N2O2S. The number of amides is 1. The van der Waals surface area contributed by atoms with Crippen LogP contribution in [-0.2, 0) is 5.41 Å². The number of aliphatic hydroxyl groups excluding tert-OH is 1. The number of aromatic nitrogens is 1. The molecule has 5 heteroatoms. The quantitative estimate of drug-likeness (QED) is 0.901. The van der Waals surface area contributed by atoms with E-state index in [2.05, 4.69) is 31.1 Å². The topological polar surface area (TPSA) is 62.2 Å². The number of aliphatic hydroxyl groups is 1. The number of nitrogens with one attached hydrogen (secondary N) is 1. The van der Waals surface area contributed by atoms with Gasteiger partial charge in [-0.2, -0.15) is 0 Å². The monoisotopic (exact) mass is 296 g/mol. The van der Waals surface area contributed by atoms with E-state index in [0.29, 0.717) is 5.92 Å². The van der Waals surface area contributed by atoms with Gasteiger partial charge in [-0.3, -0.25) is 4.79 Å². The van der Waals surface area contributed by atoms with Crippen LogP contribution in [0.5, 0.6) is 0 Å². The Morgan fingerprint density at radius 1 is 1.40 bits per heavy atom. The van der Waals surface area contributed by atoms with E-state index in [1.165, 1.54) is 11.3 Å². The van der Waals surface area contributed by atoms with E-state index >= 15 is 0 Å². The second-order valence-electron chi connectivity index (χ2n) is 6.65. The minimum absolute atomic E-state index is 0.00451. The van der Waals surface area contributed by atoms with E-state index in [-0.39, 0.29) is 24.0 Å².